The molecule has 3 N–H and O–H groups in total. The van der Waals surface area contributed by atoms with Gasteiger partial charge < -0.3 is 20.7 Å². The highest BCUT2D eigenvalue weighted by atomic mass is 16.5. The predicted molar refractivity (Wildman–Crippen MR) is 76.2 cm³/mol. The van der Waals surface area contributed by atoms with Gasteiger partial charge in [0.15, 0.2) is 0 Å². The Labute approximate surface area is 113 Å². The van der Waals surface area contributed by atoms with E-state index in [0.717, 1.165) is 6.54 Å². The first-order valence-electron chi connectivity index (χ1n) is 6.28. The van der Waals surface area contributed by atoms with Gasteiger partial charge in [-0.3, -0.25) is 0 Å². The van der Waals surface area contributed by atoms with Crippen molar-refractivity contribution in [2.24, 2.45) is 0 Å². The number of esters is 1. The maximum Gasteiger partial charge on any atom is 0.340 e. The Morgan fingerprint density at radius 2 is 2.26 bits per heavy atom. The van der Waals surface area contributed by atoms with Gasteiger partial charge in [0.1, 0.15) is 5.82 Å². The lowest BCUT2D eigenvalue weighted by molar-refractivity contribution is 0.0527. The van der Waals surface area contributed by atoms with Crippen LogP contribution in [0.25, 0.3) is 0 Å². The fourth-order valence-corrected chi connectivity index (χ4v) is 1.38. The predicted octanol–water partition coefficient (Wildman–Crippen LogP) is 1.20. The number of ether oxygens (including phenoxy) is 1. The molecule has 0 spiro atoms. The number of pyridine rings is 1. The van der Waals surface area contributed by atoms with E-state index in [2.05, 4.69) is 22.1 Å². The van der Waals surface area contributed by atoms with Gasteiger partial charge in [-0.05, 0) is 34.0 Å². The Bertz CT molecular complexity index is 435. The molecule has 19 heavy (non-hydrogen) atoms. The quantitative estimate of drug-likeness (QED) is 0.753. The summed E-state index contributed by atoms with van der Waals surface area (Å²) in [5, 5.41) is 3.17. The maximum atomic E-state index is 11.7. The van der Waals surface area contributed by atoms with Crippen molar-refractivity contribution in [3.63, 3.8) is 0 Å². The third kappa shape index (κ3) is 4.40. The van der Waals surface area contributed by atoms with E-state index >= 15 is 0 Å². The molecule has 1 rings (SSSR count). The van der Waals surface area contributed by atoms with E-state index in [1.807, 2.05) is 14.1 Å². The summed E-state index contributed by atoms with van der Waals surface area (Å²) in [6.45, 7) is 4.90. The molecule has 1 heterocycles. The second-order valence-electron chi connectivity index (χ2n) is 4.57. The Hall–Kier alpha value is -1.82. The average Bonchev–Trinajstić information content (AvgIpc) is 2.37. The first kappa shape index (κ1) is 15.2. The smallest absolute Gasteiger partial charge is 0.340 e. The number of carbonyl (C=O) groups excluding carboxylic acids is 1. The minimum absolute atomic E-state index is 0.320. The van der Waals surface area contributed by atoms with Crippen LogP contribution in [0.1, 0.15) is 24.2 Å². The van der Waals surface area contributed by atoms with Crippen molar-refractivity contribution in [2.45, 2.75) is 19.9 Å². The number of nitrogens with one attached hydrogen (secondary N) is 1. The molecule has 1 unspecified atom stereocenters. The van der Waals surface area contributed by atoms with Gasteiger partial charge in [0.2, 0.25) is 0 Å². The molecule has 0 saturated carbocycles. The molecular weight excluding hydrogens is 244 g/mol. The molecule has 0 aliphatic heterocycles. The van der Waals surface area contributed by atoms with E-state index in [0.29, 0.717) is 29.7 Å². The summed E-state index contributed by atoms with van der Waals surface area (Å²) in [6, 6.07) is 1.97. The molecular formula is C13H22N4O2. The lowest BCUT2D eigenvalue weighted by Gasteiger charge is -2.20. The molecule has 6 heteroatoms. The lowest BCUT2D eigenvalue weighted by Crippen LogP contribution is -2.31. The van der Waals surface area contributed by atoms with Crippen molar-refractivity contribution >= 4 is 17.5 Å². The SMILES string of the molecule is CCOC(=O)c1cc(NCC(C)N(C)C)ncc1N. The summed E-state index contributed by atoms with van der Waals surface area (Å²) in [5.74, 6) is 0.192. The first-order chi connectivity index (χ1) is 8.95. The van der Waals surface area contributed by atoms with Gasteiger partial charge in [0, 0.05) is 12.6 Å². The number of hydrogen-bond acceptors (Lipinski definition) is 6. The van der Waals surface area contributed by atoms with Crippen LogP contribution in [0.2, 0.25) is 0 Å². The first-order valence-corrected chi connectivity index (χ1v) is 6.28. The normalized spacial score (nSPS) is 12.3. The van der Waals surface area contributed by atoms with Crippen molar-refractivity contribution in [3.8, 4) is 0 Å². The minimum Gasteiger partial charge on any atom is -0.462 e. The Morgan fingerprint density at radius 1 is 1.58 bits per heavy atom. The molecule has 1 aromatic heterocycles. The third-order valence-electron chi connectivity index (χ3n) is 2.89. The molecule has 1 aromatic rings. The molecule has 0 aliphatic carbocycles. The zero-order valence-electron chi connectivity index (χ0n) is 11.9. The van der Waals surface area contributed by atoms with Gasteiger partial charge in [-0.25, -0.2) is 9.78 Å². The molecule has 1 atom stereocenters. The van der Waals surface area contributed by atoms with Gasteiger partial charge in [0.05, 0.1) is 24.1 Å². The summed E-state index contributed by atoms with van der Waals surface area (Å²) in [4.78, 5) is 17.9. The van der Waals surface area contributed by atoms with Gasteiger partial charge in [0.25, 0.3) is 0 Å². The van der Waals surface area contributed by atoms with Crippen LogP contribution in [-0.4, -0.2) is 49.1 Å². The Morgan fingerprint density at radius 3 is 2.84 bits per heavy atom. The van der Waals surface area contributed by atoms with Crippen LogP contribution >= 0.6 is 0 Å². The third-order valence-corrected chi connectivity index (χ3v) is 2.89. The largest absolute Gasteiger partial charge is 0.462 e. The van der Waals surface area contributed by atoms with Crippen molar-refractivity contribution in [3.05, 3.63) is 17.8 Å². The zero-order chi connectivity index (χ0) is 14.4. The van der Waals surface area contributed by atoms with E-state index < -0.39 is 5.97 Å². The summed E-state index contributed by atoms with van der Waals surface area (Å²) in [5.41, 5.74) is 6.39. The van der Waals surface area contributed by atoms with Crippen LogP contribution in [0.4, 0.5) is 11.5 Å². The highest BCUT2D eigenvalue weighted by Crippen LogP contribution is 2.16. The number of anilines is 2. The van der Waals surface area contributed by atoms with Crippen molar-refractivity contribution < 1.29 is 9.53 Å². The summed E-state index contributed by atoms with van der Waals surface area (Å²) in [7, 11) is 4.01. The molecule has 0 amide bonds. The molecule has 0 bridgehead atoms. The van der Waals surface area contributed by atoms with Gasteiger partial charge in [-0.1, -0.05) is 0 Å². The number of nitrogen functional groups attached to an aromatic ring is 1. The molecule has 6 nitrogen and oxygen atoms in total. The van der Waals surface area contributed by atoms with Crippen LogP contribution < -0.4 is 11.1 Å². The number of carbonyl (C=O) groups is 1. The van der Waals surface area contributed by atoms with Crippen molar-refractivity contribution in [1.29, 1.82) is 0 Å². The van der Waals surface area contributed by atoms with Crippen LogP contribution in [0.3, 0.4) is 0 Å². The standard InChI is InChI=1S/C13H22N4O2/c1-5-19-13(18)10-6-12(16-8-11(10)14)15-7-9(2)17(3)4/h6,8-9H,5,7,14H2,1-4H3,(H,15,16). The van der Waals surface area contributed by atoms with E-state index in [1.165, 1.54) is 6.20 Å². The molecule has 0 aliphatic rings. The fourth-order valence-electron chi connectivity index (χ4n) is 1.38. The molecule has 106 valence electrons. The molecule has 0 aromatic carbocycles. The zero-order valence-corrected chi connectivity index (χ0v) is 11.9. The monoisotopic (exact) mass is 266 g/mol. The van der Waals surface area contributed by atoms with E-state index in [9.17, 15) is 4.79 Å². The van der Waals surface area contributed by atoms with Crippen LogP contribution in [-0.2, 0) is 4.74 Å². The molecule has 0 fully saturated rings. The highest BCUT2D eigenvalue weighted by Gasteiger charge is 2.13. The number of aromatic nitrogens is 1. The summed E-state index contributed by atoms with van der Waals surface area (Å²) in [6.07, 6.45) is 1.47. The summed E-state index contributed by atoms with van der Waals surface area (Å²) < 4.78 is 4.94. The van der Waals surface area contributed by atoms with Crippen molar-refractivity contribution in [1.82, 2.24) is 9.88 Å². The Balaban J connectivity index is 2.76. The van der Waals surface area contributed by atoms with Gasteiger partial charge in [-0.15, -0.1) is 0 Å². The topological polar surface area (TPSA) is 80.5 Å². The summed E-state index contributed by atoms with van der Waals surface area (Å²) >= 11 is 0. The van der Waals surface area contributed by atoms with Gasteiger partial charge >= 0.3 is 5.97 Å². The number of nitrogens with zero attached hydrogens (tertiary/aromatic N) is 2. The van der Waals surface area contributed by atoms with Crippen molar-refractivity contribution in [2.75, 3.05) is 38.3 Å². The minimum atomic E-state index is -0.425. The second kappa shape index (κ2) is 6.94. The fraction of sp³-hybridized carbons (Fsp3) is 0.538. The number of nitrogens with two attached hydrogens (primary N) is 1. The second-order valence-corrected chi connectivity index (χ2v) is 4.57. The maximum absolute atomic E-state index is 11.7. The molecule has 0 saturated heterocycles. The van der Waals surface area contributed by atoms with E-state index in [1.54, 1.807) is 13.0 Å². The Kier molecular flexibility index (Phi) is 5.57. The average molecular weight is 266 g/mol. The van der Waals surface area contributed by atoms with Gasteiger partial charge in [-0.2, -0.15) is 0 Å². The van der Waals surface area contributed by atoms with E-state index in [4.69, 9.17) is 10.5 Å². The van der Waals surface area contributed by atoms with Crippen LogP contribution in [0.5, 0.6) is 0 Å². The molecule has 0 radical (unpaired) electrons. The lowest BCUT2D eigenvalue weighted by atomic mass is 10.2. The highest BCUT2D eigenvalue weighted by molar-refractivity contribution is 5.95. The number of likely N-dealkylation sites (N-methyl/N-ethyl adjacent to an activating group) is 1. The number of hydrogen-bond donors (Lipinski definition) is 2. The van der Waals surface area contributed by atoms with Crippen LogP contribution in [0, 0.1) is 0 Å². The number of rotatable bonds is 6. The van der Waals surface area contributed by atoms with Crippen LogP contribution in [0.15, 0.2) is 12.3 Å². The van der Waals surface area contributed by atoms with E-state index in [-0.39, 0.29) is 0 Å².